The summed E-state index contributed by atoms with van der Waals surface area (Å²) in [5.74, 6) is -0.0341. The molecule has 3 N–H and O–H groups in total. The SMILES string of the molecule is CCCn1cnc(C(N)=O)c1NC(=O)Cc1c(C)noc1C. The number of hydrogen-bond donors (Lipinski definition) is 2. The summed E-state index contributed by atoms with van der Waals surface area (Å²) in [7, 11) is 0. The Morgan fingerprint density at radius 3 is 2.68 bits per heavy atom. The summed E-state index contributed by atoms with van der Waals surface area (Å²) in [6.07, 6.45) is 2.44. The van der Waals surface area contributed by atoms with Crippen LogP contribution in [0.2, 0.25) is 0 Å². The molecule has 0 unspecified atom stereocenters. The number of rotatable bonds is 6. The zero-order valence-corrected chi connectivity index (χ0v) is 12.8. The number of anilines is 1. The van der Waals surface area contributed by atoms with Gasteiger partial charge in [-0.25, -0.2) is 4.98 Å². The monoisotopic (exact) mass is 305 g/mol. The van der Waals surface area contributed by atoms with Crippen LogP contribution in [0.1, 0.15) is 40.9 Å². The molecule has 0 fully saturated rings. The lowest BCUT2D eigenvalue weighted by atomic mass is 10.1. The van der Waals surface area contributed by atoms with Crippen molar-refractivity contribution in [1.29, 1.82) is 0 Å². The van der Waals surface area contributed by atoms with Gasteiger partial charge in [0.25, 0.3) is 5.91 Å². The van der Waals surface area contributed by atoms with Crippen LogP contribution < -0.4 is 11.1 Å². The Morgan fingerprint density at radius 2 is 2.14 bits per heavy atom. The number of aromatic nitrogens is 3. The first-order valence-corrected chi connectivity index (χ1v) is 7.00. The van der Waals surface area contributed by atoms with Crippen molar-refractivity contribution in [3.8, 4) is 0 Å². The van der Waals surface area contributed by atoms with E-state index in [0.717, 1.165) is 12.0 Å². The molecule has 0 aliphatic heterocycles. The molecule has 0 spiro atoms. The lowest BCUT2D eigenvalue weighted by Gasteiger charge is -2.09. The van der Waals surface area contributed by atoms with E-state index < -0.39 is 5.91 Å². The number of hydrogen-bond acceptors (Lipinski definition) is 5. The fraction of sp³-hybridized carbons (Fsp3) is 0.429. The molecule has 0 aromatic carbocycles. The van der Waals surface area contributed by atoms with Gasteiger partial charge in [0.2, 0.25) is 5.91 Å². The van der Waals surface area contributed by atoms with Crippen LogP contribution in [0.25, 0.3) is 0 Å². The Morgan fingerprint density at radius 1 is 1.41 bits per heavy atom. The molecule has 2 aromatic rings. The summed E-state index contributed by atoms with van der Waals surface area (Å²) in [4.78, 5) is 27.6. The van der Waals surface area contributed by atoms with E-state index in [1.165, 1.54) is 6.33 Å². The molecule has 118 valence electrons. The first-order chi connectivity index (χ1) is 10.4. The van der Waals surface area contributed by atoms with Crippen molar-refractivity contribution in [2.75, 3.05) is 5.32 Å². The van der Waals surface area contributed by atoms with Crippen LogP contribution in [0, 0.1) is 13.8 Å². The lowest BCUT2D eigenvalue weighted by molar-refractivity contribution is -0.115. The fourth-order valence-electron chi connectivity index (χ4n) is 2.20. The van der Waals surface area contributed by atoms with Crippen molar-refractivity contribution < 1.29 is 14.1 Å². The molecule has 2 rings (SSSR count). The minimum atomic E-state index is -0.678. The van der Waals surface area contributed by atoms with Crippen molar-refractivity contribution in [1.82, 2.24) is 14.7 Å². The average Bonchev–Trinajstić information content (AvgIpc) is 2.98. The maximum atomic E-state index is 12.2. The molecule has 2 heterocycles. The number of carbonyl (C=O) groups excluding carboxylic acids is 2. The maximum absolute atomic E-state index is 12.2. The summed E-state index contributed by atoms with van der Waals surface area (Å²) in [5, 5.41) is 6.52. The smallest absolute Gasteiger partial charge is 0.271 e. The molecule has 2 aromatic heterocycles. The summed E-state index contributed by atoms with van der Waals surface area (Å²) in [6, 6.07) is 0. The Labute approximate surface area is 127 Å². The van der Waals surface area contributed by atoms with Crippen molar-refractivity contribution in [2.24, 2.45) is 5.73 Å². The molecular weight excluding hydrogens is 286 g/mol. The van der Waals surface area contributed by atoms with E-state index in [0.29, 0.717) is 23.8 Å². The van der Waals surface area contributed by atoms with Crippen molar-refractivity contribution in [2.45, 2.75) is 40.2 Å². The van der Waals surface area contributed by atoms with Gasteiger partial charge in [-0.3, -0.25) is 9.59 Å². The highest BCUT2D eigenvalue weighted by Gasteiger charge is 2.19. The minimum absolute atomic E-state index is 0.0561. The second-order valence-electron chi connectivity index (χ2n) is 5.03. The predicted octanol–water partition coefficient (Wildman–Crippen LogP) is 1.18. The number of nitrogens with two attached hydrogens (primary N) is 1. The molecule has 0 aliphatic rings. The Bertz CT molecular complexity index is 682. The summed E-state index contributed by atoms with van der Waals surface area (Å²) >= 11 is 0. The largest absolute Gasteiger partial charge is 0.364 e. The van der Waals surface area contributed by atoms with Crippen molar-refractivity contribution >= 4 is 17.6 Å². The highest BCUT2D eigenvalue weighted by molar-refractivity contribution is 6.01. The molecule has 0 atom stereocenters. The summed E-state index contributed by atoms with van der Waals surface area (Å²) < 4.78 is 6.73. The molecule has 0 bridgehead atoms. The van der Waals surface area contributed by atoms with E-state index >= 15 is 0 Å². The number of amides is 2. The van der Waals surface area contributed by atoms with Crippen LogP contribution >= 0.6 is 0 Å². The molecule has 22 heavy (non-hydrogen) atoms. The number of aryl methyl sites for hydroxylation is 3. The van der Waals surface area contributed by atoms with Crippen LogP contribution in [0.15, 0.2) is 10.9 Å². The zero-order valence-electron chi connectivity index (χ0n) is 12.8. The van der Waals surface area contributed by atoms with Gasteiger partial charge in [-0.15, -0.1) is 0 Å². The lowest BCUT2D eigenvalue weighted by Crippen LogP contribution is -2.21. The number of imidazole rings is 1. The third kappa shape index (κ3) is 3.16. The Balaban J connectivity index is 2.20. The van der Waals surface area contributed by atoms with Gasteiger partial charge in [0.15, 0.2) is 5.69 Å². The van der Waals surface area contributed by atoms with Crippen LogP contribution in [-0.4, -0.2) is 26.5 Å². The molecule has 2 amide bonds. The van der Waals surface area contributed by atoms with Crippen LogP contribution in [0.3, 0.4) is 0 Å². The van der Waals surface area contributed by atoms with E-state index in [4.69, 9.17) is 10.3 Å². The van der Waals surface area contributed by atoms with Gasteiger partial charge in [0.1, 0.15) is 11.6 Å². The van der Waals surface area contributed by atoms with E-state index in [1.54, 1.807) is 18.4 Å². The molecule has 0 aliphatic carbocycles. The number of nitrogens with zero attached hydrogens (tertiary/aromatic N) is 3. The Kier molecular flexibility index (Phi) is 4.59. The normalized spacial score (nSPS) is 10.7. The van der Waals surface area contributed by atoms with E-state index in [2.05, 4.69) is 15.5 Å². The maximum Gasteiger partial charge on any atom is 0.271 e. The van der Waals surface area contributed by atoms with Gasteiger partial charge in [0.05, 0.1) is 18.4 Å². The third-order valence-electron chi connectivity index (χ3n) is 3.31. The fourth-order valence-corrected chi connectivity index (χ4v) is 2.20. The highest BCUT2D eigenvalue weighted by Crippen LogP contribution is 2.17. The molecule has 8 nitrogen and oxygen atoms in total. The summed E-state index contributed by atoms with van der Waals surface area (Å²) in [6.45, 7) is 6.13. The van der Waals surface area contributed by atoms with E-state index in [9.17, 15) is 9.59 Å². The number of nitrogens with one attached hydrogen (secondary N) is 1. The Hall–Kier alpha value is -2.64. The first kappa shape index (κ1) is 15.7. The number of carbonyl (C=O) groups is 2. The second kappa shape index (κ2) is 6.42. The van der Waals surface area contributed by atoms with Crippen molar-refractivity contribution in [3.63, 3.8) is 0 Å². The predicted molar refractivity (Wildman–Crippen MR) is 79.3 cm³/mol. The average molecular weight is 305 g/mol. The highest BCUT2D eigenvalue weighted by atomic mass is 16.5. The van der Waals surface area contributed by atoms with Gasteiger partial charge in [0, 0.05) is 12.1 Å². The van der Waals surface area contributed by atoms with Gasteiger partial charge < -0.3 is 20.1 Å². The van der Waals surface area contributed by atoms with E-state index in [1.807, 2.05) is 6.92 Å². The van der Waals surface area contributed by atoms with Crippen LogP contribution in [0.4, 0.5) is 5.82 Å². The van der Waals surface area contributed by atoms with E-state index in [-0.39, 0.29) is 18.0 Å². The standard InChI is InChI=1S/C14H19N5O3/c1-4-5-19-7-16-12(13(15)21)14(19)17-11(20)6-10-8(2)18-22-9(10)3/h7H,4-6H2,1-3H3,(H2,15,21)(H,17,20). The minimum Gasteiger partial charge on any atom is -0.364 e. The summed E-state index contributed by atoms with van der Waals surface area (Å²) in [5.41, 5.74) is 6.76. The van der Waals surface area contributed by atoms with Crippen LogP contribution in [-0.2, 0) is 17.8 Å². The molecule has 8 heteroatoms. The van der Waals surface area contributed by atoms with Gasteiger partial charge in [-0.2, -0.15) is 0 Å². The molecule has 0 saturated carbocycles. The second-order valence-corrected chi connectivity index (χ2v) is 5.03. The third-order valence-corrected chi connectivity index (χ3v) is 3.31. The molecular formula is C14H19N5O3. The molecule has 0 radical (unpaired) electrons. The van der Waals surface area contributed by atoms with Crippen molar-refractivity contribution in [3.05, 3.63) is 29.0 Å². The first-order valence-electron chi connectivity index (χ1n) is 7.00. The molecule has 0 saturated heterocycles. The van der Waals surface area contributed by atoms with Gasteiger partial charge in [-0.1, -0.05) is 12.1 Å². The quantitative estimate of drug-likeness (QED) is 0.831. The zero-order chi connectivity index (χ0) is 16.3. The van der Waals surface area contributed by atoms with Gasteiger partial charge >= 0.3 is 0 Å². The van der Waals surface area contributed by atoms with Crippen LogP contribution in [0.5, 0.6) is 0 Å². The van der Waals surface area contributed by atoms with Gasteiger partial charge in [-0.05, 0) is 20.3 Å². The number of primary amides is 1. The topological polar surface area (TPSA) is 116 Å².